The van der Waals surface area contributed by atoms with Crippen LogP contribution >= 0.6 is 11.6 Å². The zero-order chi connectivity index (χ0) is 29.1. The van der Waals surface area contributed by atoms with Gasteiger partial charge in [0.15, 0.2) is 0 Å². The summed E-state index contributed by atoms with van der Waals surface area (Å²) >= 11 is 6.01. The number of rotatable bonds is 8. The first-order valence-corrected chi connectivity index (χ1v) is 14.0. The van der Waals surface area contributed by atoms with Crippen LogP contribution in [0.25, 0.3) is 0 Å². The van der Waals surface area contributed by atoms with Gasteiger partial charge in [-0.3, -0.25) is 4.90 Å². The molecule has 0 aromatic heterocycles. The molecule has 0 saturated carbocycles. The fraction of sp³-hybridized carbons (Fsp3) is 0.333. The first kappa shape index (κ1) is 30.3. The lowest BCUT2D eigenvalue weighted by Gasteiger charge is -2.36. The second-order valence-corrected chi connectivity index (χ2v) is 11.6. The minimum atomic E-state index is -4.57. The van der Waals surface area contributed by atoms with Crippen molar-refractivity contribution in [2.75, 3.05) is 32.7 Å². The number of piperazine rings is 1. The van der Waals surface area contributed by atoms with Crippen molar-refractivity contribution in [3.8, 4) is 0 Å². The van der Waals surface area contributed by atoms with Crippen LogP contribution in [-0.4, -0.2) is 50.3 Å². The number of nitrogens with zero attached hydrogens (tertiary/aromatic N) is 2. The molecule has 0 aliphatic carbocycles. The molecule has 216 valence electrons. The standard InChI is InChI=1S/C27H25ClF6N2O3S/c28-23-9-3-20(4-10-23)25(39-18-19-1-5-21(6-2-19)26(29,30)31)17-35-13-15-36(16-14-35)40(37,38)24-11-7-22(8-12-24)27(32,33)34/h1-12,25H,13-18H2. The summed E-state index contributed by atoms with van der Waals surface area (Å²) in [7, 11) is -3.98. The Bertz CT molecular complexity index is 1370. The first-order chi connectivity index (χ1) is 18.7. The van der Waals surface area contributed by atoms with Gasteiger partial charge in [-0.2, -0.15) is 30.6 Å². The zero-order valence-corrected chi connectivity index (χ0v) is 22.5. The van der Waals surface area contributed by atoms with Crippen LogP contribution in [0, 0.1) is 0 Å². The molecule has 0 amide bonds. The van der Waals surface area contributed by atoms with E-state index < -0.39 is 39.6 Å². The Balaban J connectivity index is 1.40. The van der Waals surface area contributed by atoms with E-state index in [1.54, 1.807) is 24.3 Å². The molecule has 0 radical (unpaired) electrons. The van der Waals surface area contributed by atoms with Gasteiger partial charge in [0.25, 0.3) is 0 Å². The number of alkyl halides is 6. The quantitative estimate of drug-likeness (QED) is 0.270. The van der Waals surface area contributed by atoms with Crippen molar-refractivity contribution in [3.63, 3.8) is 0 Å². The summed E-state index contributed by atoms with van der Waals surface area (Å²) in [6.45, 7) is 1.34. The van der Waals surface area contributed by atoms with Crippen molar-refractivity contribution in [1.82, 2.24) is 9.21 Å². The van der Waals surface area contributed by atoms with Crippen molar-refractivity contribution in [2.45, 2.75) is 30.0 Å². The third-order valence-corrected chi connectivity index (χ3v) is 8.71. The normalized spacial score (nSPS) is 16.7. The fourth-order valence-electron chi connectivity index (χ4n) is 4.27. The van der Waals surface area contributed by atoms with Crippen molar-refractivity contribution in [1.29, 1.82) is 0 Å². The molecule has 3 aromatic rings. The summed E-state index contributed by atoms with van der Waals surface area (Å²) in [5, 5.41) is 0.521. The third kappa shape index (κ3) is 7.55. The number of benzene rings is 3. The van der Waals surface area contributed by atoms with E-state index in [0.29, 0.717) is 30.2 Å². The summed E-state index contributed by atoms with van der Waals surface area (Å²) in [6, 6.07) is 15.0. The molecule has 5 nitrogen and oxygen atoms in total. The molecule has 3 aromatic carbocycles. The van der Waals surface area contributed by atoms with Gasteiger partial charge in [-0.05, 0) is 59.7 Å². The topological polar surface area (TPSA) is 49.9 Å². The minimum Gasteiger partial charge on any atom is -0.368 e. The van der Waals surface area contributed by atoms with Gasteiger partial charge in [0, 0.05) is 37.7 Å². The lowest BCUT2D eigenvalue weighted by Crippen LogP contribution is -2.49. The molecule has 0 bridgehead atoms. The highest BCUT2D eigenvalue weighted by molar-refractivity contribution is 7.89. The van der Waals surface area contributed by atoms with E-state index in [-0.39, 0.29) is 24.6 Å². The maximum Gasteiger partial charge on any atom is 0.416 e. The van der Waals surface area contributed by atoms with E-state index in [1.807, 2.05) is 4.90 Å². The van der Waals surface area contributed by atoms with Gasteiger partial charge in [0.1, 0.15) is 0 Å². The first-order valence-electron chi connectivity index (χ1n) is 12.2. The summed E-state index contributed by atoms with van der Waals surface area (Å²) in [5.74, 6) is 0. The SMILES string of the molecule is O=S(=O)(c1ccc(C(F)(F)F)cc1)N1CCN(CC(OCc2ccc(C(F)(F)F)cc2)c2ccc(Cl)cc2)CC1. The van der Waals surface area contributed by atoms with E-state index in [9.17, 15) is 34.8 Å². The molecule has 40 heavy (non-hydrogen) atoms. The van der Waals surface area contributed by atoms with Crippen LogP contribution in [0.15, 0.2) is 77.7 Å². The Labute approximate surface area is 233 Å². The summed E-state index contributed by atoms with van der Waals surface area (Å²) < 4.78 is 110. The van der Waals surface area contributed by atoms with Crippen LogP contribution in [-0.2, 0) is 33.7 Å². The van der Waals surface area contributed by atoms with Gasteiger partial charge >= 0.3 is 12.4 Å². The zero-order valence-electron chi connectivity index (χ0n) is 20.9. The number of hydrogen-bond donors (Lipinski definition) is 0. The molecule has 1 aliphatic rings. The van der Waals surface area contributed by atoms with E-state index in [0.717, 1.165) is 42.0 Å². The number of hydrogen-bond acceptors (Lipinski definition) is 4. The monoisotopic (exact) mass is 606 g/mol. The predicted octanol–water partition coefficient (Wildman–Crippen LogP) is 6.64. The van der Waals surface area contributed by atoms with Crippen LogP contribution < -0.4 is 0 Å². The van der Waals surface area contributed by atoms with Crippen LogP contribution in [0.5, 0.6) is 0 Å². The Morgan fingerprint density at radius 2 is 1.25 bits per heavy atom. The molecule has 1 aliphatic heterocycles. The maximum atomic E-state index is 13.0. The van der Waals surface area contributed by atoms with Gasteiger partial charge in [-0.15, -0.1) is 0 Å². The minimum absolute atomic E-state index is 0.0493. The molecular formula is C27H25ClF6N2O3S. The van der Waals surface area contributed by atoms with Crippen LogP contribution in [0.4, 0.5) is 26.3 Å². The van der Waals surface area contributed by atoms with Crippen LogP contribution in [0.1, 0.15) is 28.4 Å². The third-order valence-electron chi connectivity index (χ3n) is 6.55. The Morgan fingerprint density at radius 1 is 0.750 bits per heavy atom. The Kier molecular flexibility index (Phi) is 9.15. The van der Waals surface area contributed by atoms with Gasteiger partial charge in [-0.25, -0.2) is 8.42 Å². The molecule has 1 atom stereocenters. The maximum absolute atomic E-state index is 13.0. The molecule has 13 heteroatoms. The second-order valence-electron chi connectivity index (χ2n) is 9.27. The summed E-state index contributed by atoms with van der Waals surface area (Å²) in [6.07, 6.45) is -9.49. The predicted molar refractivity (Wildman–Crippen MR) is 137 cm³/mol. The average molecular weight is 607 g/mol. The molecular weight excluding hydrogens is 582 g/mol. The highest BCUT2D eigenvalue weighted by Crippen LogP contribution is 2.31. The van der Waals surface area contributed by atoms with Crippen LogP contribution in [0.2, 0.25) is 5.02 Å². The molecule has 0 N–H and O–H groups in total. The Hall–Kier alpha value is -2.64. The molecule has 1 saturated heterocycles. The van der Waals surface area contributed by atoms with E-state index in [1.165, 1.54) is 16.4 Å². The molecule has 0 spiro atoms. The van der Waals surface area contributed by atoms with Gasteiger partial charge < -0.3 is 4.74 Å². The summed E-state index contributed by atoms with van der Waals surface area (Å²) in [4.78, 5) is 1.78. The van der Waals surface area contributed by atoms with Gasteiger partial charge in [0.2, 0.25) is 10.0 Å². The average Bonchev–Trinajstić information content (AvgIpc) is 2.91. The molecule has 1 fully saturated rings. The fourth-order valence-corrected chi connectivity index (χ4v) is 5.82. The lowest BCUT2D eigenvalue weighted by molar-refractivity contribution is -0.138. The van der Waals surface area contributed by atoms with Gasteiger partial charge in [-0.1, -0.05) is 35.9 Å². The van der Waals surface area contributed by atoms with Crippen molar-refractivity contribution in [2.24, 2.45) is 0 Å². The largest absolute Gasteiger partial charge is 0.416 e. The number of sulfonamides is 1. The highest BCUT2D eigenvalue weighted by Gasteiger charge is 2.33. The van der Waals surface area contributed by atoms with E-state index >= 15 is 0 Å². The highest BCUT2D eigenvalue weighted by atomic mass is 35.5. The van der Waals surface area contributed by atoms with E-state index in [2.05, 4.69) is 0 Å². The van der Waals surface area contributed by atoms with Gasteiger partial charge in [0.05, 0.1) is 28.7 Å². The molecule has 4 rings (SSSR count). The van der Waals surface area contributed by atoms with Crippen molar-refractivity contribution >= 4 is 21.6 Å². The summed E-state index contributed by atoms with van der Waals surface area (Å²) in [5.41, 5.74) is -0.342. The van der Waals surface area contributed by atoms with Crippen molar-refractivity contribution < 1.29 is 39.5 Å². The molecule has 1 unspecified atom stereocenters. The smallest absolute Gasteiger partial charge is 0.368 e. The second kappa shape index (κ2) is 12.1. The van der Waals surface area contributed by atoms with Crippen molar-refractivity contribution in [3.05, 3.63) is 100 Å². The number of halogens is 7. The Morgan fingerprint density at radius 3 is 1.75 bits per heavy atom. The molecule has 1 heterocycles. The van der Waals surface area contributed by atoms with E-state index in [4.69, 9.17) is 16.3 Å². The van der Waals surface area contributed by atoms with Crippen LogP contribution in [0.3, 0.4) is 0 Å². The lowest BCUT2D eigenvalue weighted by atomic mass is 10.1. The number of ether oxygens (including phenoxy) is 1.